The molecular weight excluding hydrogens is 545 g/mol. The highest BCUT2D eigenvalue weighted by Gasteiger charge is 2.31. The number of ether oxygens (including phenoxy) is 3. The number of aryl methyl sites for hydroxylation is 1. The minimum absolute atomic E-state index is 0.0281. The predicted octanol–water partition coefficient (Wildman–Crippen LogP) is 5.97. The minimum atomic E-state index is -4.39. The summed E-state index contributed by atoms with van der Waals surface area (Å²) in [7, 11) is 0. The van der Waals surface area contributed by atoms with Crippen molar-refractivity contribution in [2.24, 2.45) is 0 Å². The molecular formula is C28H27F3N4O6. The van der Waals surface area contributed by atoms with Gasteiger partial charge >= 0.3 is 18.0 Å². The Bertz CT molecular complexity index is 1530. The molecule has 13 heteroatoms. The number of rotatable bonds is 8. The molecule has 41 heavy (non-hydrogen) atoms. The fourth-order valence-electron chi connectivity index (χ4n) is 5.11. The van der Waals surface area contributed by atoms with Crippen LogP contribution in [0.15, 0.2) is 59.1 Å². The molecule has 1 fully saturated rings. The van der Waals surface area contributed by atoms with E-state index >= 15 is 0 Å². The lowest BCUT2D eigenvalue weighted by atomic mass is 10.1. The van der Waals surface area contributed by atoms with E-state index in [0.29, 0.717) is 42.1 Å². The molecule has 1 atom stereocenters. The van der Waals surface area contributed by atoms with E-state index in [9.17, 15) is 23.3 Å². The van der Waals surface area contributed by atoms with Crippen LogP contribution < -0.4 is 14.4 Å². The number of halogens is 3. The van der Waals surface area contributed by atoms with Crippen LogP contribution in [0.4, 0.5) is 24.7 Å². The van der Waals surface area contributed by atoms with Crippen LogP contribution in [0.5, 0.6) is 11.8 Å². The van der Waals surface area contributed by atoms with Gasteiger partial charge in [0, 0.05) is 42.1 Å². The number of nitro groups is 1. The van der Waals surface area contributed by atoms with E-state index in [4.69, 9.17) is 18.6 Å². The van der Waals surface area contributed by atoms with Crippen molar-refractivity contribution in [2.75, 3.05) is 24.6 Å². The van der Waals surface area contributed by atoms with Crippen molar-refractivity contribution in [3.8, 4) is 11.8 Å². The van der Waals surface area contributed by atoms with Crippen LogP contribution in [-0.2, 0) is 24.1 Å². The topological polar surface area (TPSA) is 105 Å². The molecule has 1 unspecified atom stereocenters. The molecule has 0 amide bonds. The van der Waals surface area contributed by atoms with Gasteiger partial charge in [0.25, 0.3) is 0 Å². The van der Waals surface area contributed by atoms with Crippen molar-refractivity contribution in [1.82, 2.24) is 9.55 Å². The van der Waals surface area contributed by atoms with Gasteiger partial charge in [-0.05, 0) is 66.3 Å². The second-order valence-corrected chi connectivity index (χ2v) is 10.1. The fraction of sp³-hybridized carbons (Fsp3) is 0.393. The van der Waals surface area contributed by atoms with Crippen molar-refractivity contribution in [3.05, 3.63) is 76.2 Å². The zero-order valence-corrected chi connectivity index (χ0v) is 21.9. The van der Waals surface area contributed by atoms with Crippen molar-refractivity contribution >= 4 is 22.5 Å². The van der Waals surface area contributed by atoms with E-state index in [1.54, 1.807) is 10.6 Å². The van der Waals surface area contributed by atoms with E-state index in [0.717, 1.165) is 43.8 Å². The number of fused-ring (bicyclic) bond motifs is 2. The van der Waals surface area contributed by atoms with Gasteiger partial charge < -0.3 is 33.6 Å². The SMILES string of the molecule is O=[N+]([O-])c1cn2c(n1)OC(COc1ccc(N3CCC(OCc4cc5cc(C(F)(F)F)ccc5o4)CC3)cc1)CC2. The van der Waals surface area contributed by atoms with Gasteiger partial charge in [-0.15, -0.1) is 0 Å². The fourth-order valence-corrected chi connectivity index (χ4v) is 5.11. The number of nitrogens with zero attached hydrogens (tertiary/aromatic N) is 4. The second kappa shape index (κ2) is 11.0. The van der Waals surface area contributed by atoms with Crippen LogP contribution in [-0.4, -0.2) is 46.4 Å². The first-order chi connectivity index (χ1) is 19.7. The molecule has 4 heterocycles. The summed E-state index contributed by atoms with van der Waals surface area (Å²) in [4.78, 5) is 16.5. The lowest BCUT2D eigenvalue weighted by Gasteiger charge is -2.33. The van der Waals surface area contributed by atoms with Crippen LogP contribution in [0.3, 0.4) is 0 Å². The lowest BCUT2D eigenvalue weighted by Crippen LogP contribution is -2.36. The molecule has 0 radical (unpaired) electrons. The maximum absolute atomic E-state index is 13.0. The van der Waals surface area contributed by atoms with Gasteiger partial charge in [-0.3, -0.25) is 4.57 Å². The highest BCUT2D eigenvalue weighted by atomic mass is 19.4. The second-order valence-electron chi connectivity index (χ2n) is 10.1. The summed E-state index contributed by atoms with van der Waals surface area (Å²) >= 11 is 0. The number of hydrogen-bond donors (Lipinski definition) is 0. The lowest BCUT2D eigenvalue weighted by molar-refractivity contribution is -0.389. The molecule has 4 aromatic rings. The maximum Gasteiger partial charge on any atom is 0.416 e. The molecule has 0 aliphatic carbocycles. The first-order valence-corrected chi connectivity index (χ1v) is 13.3. The molecule has 2 aliphatic heterocycles. The Morgan fingerprint density at radius 1 is 1.05 bits per heavy atom. The Hall–Kier alpha value is -4.26. The van der Waals surface area contributed by atoms with Crippen LogP contribution in [0, 0.1) is 10.1 Å². The van der Waals surface area contributed by atoms with Gasteiger partial charge in [-0.25, -0.2) is 0 Å². The van der Waals surface area contributed by atoms with Gasteiger partial charge in [0.1, 0.15) is 42.6 Å². The van der Waals surface area contributed by atoms with Crippen LogP contribution in [0.25, 0.3) is 11.0 Å². The smallest absolute Gasteiger partial charge is 0.416 e. The Morgan fingerprint density at radius 2 is 1.83 bits per heavy atom. The highest BCUT2D eigenvalue weighted by Crippen LogP contribution is 2.33. The molecule has 10 nitrogen and oxygen atoms in total. The summed E-state index contributed by atoms with van der Waals surface area (Å²) in [6.45, 7) is 2.68. The van der Waals surface area contributed by atoms with Gasteiger partial charge in [0.05, 0.1) is 11.7 Å². The molecule has 2 aliphatic rings. The van der Waals surface area contributed by atoms with E-state index < -0.39 is 16.7 Å². The standard InChI is InChI=1S/C28H27F3N4O6/c29-28(30,31)19-1-6-25-18(13-19)14-24(40-25)17-39-22-7-10-33(11-8-22)20-2-4-21(5-3-20)38-16-23-9-12-34-15-26(35(36)37)32-27(34)41-23/h1-6,13-15,22-23H,7-12,16-17H2. The summed E-state index contributed by atoms with van der Waals surface area (Å²) in [5.41, 5.74) is 0.771. The van der Waals surface area contributed by atoms with Gasteiger partial charge in [0.15, 0.2) is 0 Å². The molecule has 2 aromatic carbocycles. The Labute approximate surface area is 232 Å². The number of imidazole rings is 1. The number of alkyl halides is 3. The van der Waals surface area contributed by atoms with E-state index in [1.165, 1.54) is 12.3 Å². The summed E-state index contributed by atoms with van der Waals surface area (Å²) in [5.74, 6) is 0.969. The third-order valence-electron chi connectivity index (χ3n) is 7.31. The summed E-state index contributed by atoms with van der Waals surface area (Å²) in [6, 6.07) is 13.1. The summed E-state index contributed by atoms with van der Waals surface area (Å²) < 4.78 is 63.8. The molecule has 216 valence electrons. The average molecular weight is 573 g/mol. The van der Waals surface area contributed by atoms with E-state index in [1.807, 2.05) is 24.3 Å². The van der Waals surface area contributed by atoms with E-state index in [2.05, 4.69) is 9.88 Å². The van der Waals surface area contributed by atoms with Gasteiger partial charge in [-0.2, -0.15) is 13.2 Å². The third kappa shape index (κ3) is 6.09. The number of piperidine rings is 1. The van der Waals surface area contributed by atoms with Gasteiger partial charge in [0.2, 0.25) is 0 Å². The predicted molar refractivity (Wildman–Crippen MR) is 141 cm³/mol. The monoisotopic (exact) mass is 572 g/mol. The number of benzene rings is 2. The van der Waals surface area contributed by atoms with Crippen LogP contribution >= 0.6 is 0 Å². The van der Waals surface area contributed by atoms with Crippen molar-refractivity contribution in [1.29, 1.82) is 0 Å². The van der Waals surface area contributed by atoms with Crippen LogP contribution in [0.1, 0.15) is 30.6 Å². The third-order valence-corrected chi connectivity index (χ3v) is 7.31. The number of anilines is 1. The molecule has 0 spiro atoms. The first kappa shape index (κ1) is 26.9. The zero-order valence-electron chi connectivity index (χ0n) is 21.9. The zero-order chi connectivity index (χ0) is 28.6. The number of aromatic nitrogens is 2. The average Bonchev–Trinajstić information content (AvgIpc) is 3.58. The first-order valence-electron chi connectivity index (χ1n) is 13.3. The largest absolute Gasteiger partial charge is 0.490 e. The number of hydrogen-bond acceptors (Lipinski definition) is 8. The Morgan fingerprint density at radius 3 is 2.56 bits per heavy atom. The van der Waals surface area contributed by atoms with Crippen molar-refractivity contribution in [3.63, 3.8) is 0 Å². The summed E-state index contributed by atoms with van der Waals surface area (Å²) in [6.07, 6.45) is -0.966. The molecule has 0 saturated carbocycles. The van der Waals surface area contributed by atoms with Gasteiger partial charge in [-0.1, -0.05) is 0 Å². The molecule has 0 bridgehead atoms. The van der Waals surface area contributed by atoms with E-state index in [-0.39, 0.29) is 30.6 Å². The highest BCUT2D eigenvalue weighted by molar-refractivity contribution is 5.78. The molecule has 6 rings (SSSR count). The minimum Gasteiger partial charge on any atom is -0.490 e. The quantitative estimate of drug-likeness (QED) is 0.188. The van der Waals surface area contributed by atoms with Crippen molar-refractivity contribution < 1.29 is 36.7 Å². The Kier molecular flexibility index (Phi) is 7.20. The molecule has 2 aromatic heterocycles. The van der Waals surface area contributed by atoms with Crippen molar-refractivity contribution in [2.45, 2.75) is 50.8 Å². The molecule has 0 N–H and O–H groups in total. The normalized spacial score (nSPS) is 17.8. The summed E-state index contributed by atoms with van der Waals surface area (Å²) in [5, 5.41) is 11.3. The maximum atomic E-state index is 13.0. The number of furan rings is 1. The molecule has 1 saturated heterocycles. The van der Waals surface area contributed by atoms with Crippen LogP contribution in [0.2, 0.25) is 0 Å². The Balaban J connectivity index is 0.951.